The number of rotatable bonds is 4. The van der Waals surface area contributed by atoms with Crippen molar-refractivity contribution in [2.75, 3.05) is 38.2 Å². The van der Waals surface area contributed by atoms with Crippen LogP contribution >= 0.6 is 0 Å². The lowest BCUT2D eigenvalue weighted by molar-refractivity contribution is 0.0741. The molecule has 0 aliphatic carbocycles. The Morgan fingerprint density at radius 3 is 2.36 bits per heavy atom. The Morgan fingerprint density at radius 2 is 1.64 bits per heavy atom. The molecule has 0 saturated carbocycles. The number of carbonyl (C=O) groups is 1. The Balaban J connectivity index is 1.44. The zero-order chi connectivity index (χ0) is 27.3. The molecule has 3 aromatic carbocycles. The van der Waals surface area contributed by atoms with Gasteiger partial charge in [0.15, 0.2) is 5.69 Å². The van der Waals surface area contributed by atoms with Crippen LogP contribution in [0.1, 0.15) is 21.6 Å². The average molecular weight is 522 g/mol. The van der Waals surface area contributed by atoms with Crippen LogP contribution in [-0.4, -0.2) is 58.4 Å². The maximum Gasteiger partial charge on any atom is 0.296 e. The number of aromatic nitrogens is 3. The Labute approximate surface area is 226 Å². The van der Waals surface area contributed by atoms with Crippen molar-refractivity contribution in [3.8, 4) is 11.4 Å². The van der Waals surface area contributed by atoms with Crippen molar-refractivity contribution in [2.24, 2.45) is 7.05 Å². The molecular formula is C31H31N5O3. The second kappa shape index (κ2) is 9.62. The molecule has 198 valence electrons. The van der Waals surface area contributed by atoms with E-state index >= 15 is 0 Å². The maximum atomic E-state index is 14.1. The summed E-state index contributed by atoms with van der Waals surface area (Å²) < 4.78 is 8.48. The summed E-state index contributed by atoms with van der Waals surface area (Å²) in [5, 5.41) is 6.16. The topological polar surface area (TPSA) is 72.6 Å². The van der Waals surface area contributed by atoms with Gasteiger partial charge in [0.05, 0.1) is 12.8 Å². The van der Waals surface area contributed by atoms with Crippen LogP contribution in [0.4, 0.5) is 5.69 Å². The quantitative estimate of drug-likeness (QED) is 0.349. The summed E-state index contributed by atoms with van der Waals surface area (Å²) >= 11 is 0. The molecule has 0 N–H and O–H groups in total. The molecule has 3 heterocycles. The van der Waals surface area contributed by atoms with Crippen LogP contribution in [-0.2, 0) is 7.05 Å². The fraction of sp³-hybridized carbons (Fsp3) is 0.258. The summed E-state index contributed by atoms with van der Waals surface area (Å²) in [6, 6.07) is 21.4. The summed E-state index contributed by atoms with van der Waals surface area (Å²) in [4.78, 5) is 32.1. The van der Waals surface area contributed by atoms with Crippen LogP contribution in [0.25, 0.3) is 27.5 Å². The molecule has 1 amide bonds. The lowest BCUT2D eigenvalue weighted by atomic mass is 10.1. The number of carbonyl (C=O) groups excluding carboxylic acids is 1. The summed E-state index contributed by atoms with van der Waals surface area (Å²) in [7, 11) is 3.46. The van der Waals surface area contributed by atoms with Crippen molar-refractivity contribution in [2.45, 2.75) is 13.8 Å². The van der Waals surface area contributed by atoms with Gasteiger partial charge in [-0.3, -0.25) is 9.59 Å². The predicted octanol–water partition coefficient (Wildman–Crippen LogP) is 4.47. The number of methoxy groups -OCH3 is 1. The highest BCUT2D eigenvalue weighted by molar-refractivity contribution is 6.16. The molecule has 2 aromatic heterocycles. The Kier molecular flexibility index (Phi) is 6.10. The van der Waals surface area contributed by atoms with E-state index in [2.05, 4.69) is 36.9 Å². The van der Waals surface area contributed by atoms with Crippen LogP contribution in [0.2, 0.25) is 0 Å². The van der Waals surface area contributed by atoms with Gasteiger partial charge in [0.2, 0.25) is 0 Å². The van der Waals surface area contributed by atoms with Crippen LogP contribution in [0.3, 0.4) is 0 Å². The number of ether oxygens (including phenoxy) is 1. The Hall–Kier alpha value is -4.59. The van der Waals surface area contributed by atoms with Gasteiger partial charge in [0, 0.05) is 55.2 Å². The number of benzene rings is 3. The summed E-state index contributed by atoms with van der Waals surface area (Å²) in [6.07, 6.45) is 0. The molecule has 0 radical (unpaired) electrons. The molecule has 6 rings (SSSR count). The molecule has 39 heavy (non-hydrogen) atoms. The molecule has 0 atom stereocenters. The van der Waals surface area contributed by atoms with Gasteiger partial charge in [-0.2, -0.15) is 9.78 Å². The number of hydrogen-bond acceptors (Lipinski definition) is 5. The SMILES string of the molecule is COc1ccc(-n2nc(C(=O)N3CCN(c4cc(C)ccc4C)CC3)c3c4ccccc4n(C)c3c2=O)cc1. The number of aryl methyl sites for hydroxylation is 3. The monoisotopic (exact) mass is 521 g/mol. The van der Waals surface area contributed by atoms with Gasteiger partial charge in [-0.25, -0.2) is 0 Å². The number of fused-ring (bicyclic) bond motifs is 3. The molecule has 1 fully saturated rings. The second-order valence-corrected chi connectivity index (χ2v) is 10.1. The fourth-order valence-corrected chi connectivity index (χ4v) is 5.59. The number of piperazine rings is 1. The average Bonchev–Trinajstić information content (AvgIpc) is 3.27. The van der Waals surface area contributed by atoms with Crippen LogP contribution < -0.4 is 15.2 Å². The smallest absolute Gasteiger partial charge is 0.296 e. The van der Waals surface area contributed by atoms with Gasteiger partial charge >= 0.3 is 0 Å². The van der Waals surface area contributed by atoms with Crippen molar-refractivity contribution in [1.29, 1.82) is 0 Å². The van der Waals surface area contributed by atoms with Crippen molar-refractivity contribution < 1.29 is 9.53 Å². The van der Waals surface area contributed by atoms with Crippen LogP contribution in [0.5, 0.6) is 5.75 Å². The van der Waals surface area contributed by atoms with E-state index in [-0.39, 0.29) is 17.2 Å². The molecule has 0 bridgehead atoms. The second-order valence-electron chi connectivity index (χ2n) is 10.1. The molecule has 8 heteroatoms. The van der Waals surface area contributed by atoms with E-state index in [9.17, 15) is 9.59 Å². The fourth-order valence-electron chi connectivity index (χ4n) is 5.59. The first-order valence-electron chi connectivity index (χ1n) is 13.1. The minimum absolute atomic E-state index is 0.167. The molecule has 8 nitrogen and oxygen atoms in total. The third kappa shape index (κ3) is 4.12. The first-order valence-corrected chi connectivity index (χ1v) is 13.1. The van der Waals surface area contributed by atoms with Gasteiger partial charge in [-0.05, 0) is 61.4 Å². The van der Waals surface area contributed by atoms with E-state index in [0.29, 0.717) is 35.4 Å². The molecule has 0 spiro atoms. The first-order chi connectivity index (χ1) is 18.9. The third-order valence-electron chi connectivity index (χ3n) is 7.73. The Morgan fingerprint density at radius 1 is 0.923 bits per heavy atom. The number of anilines is 1. The highest BCUT2D eigenvalue weighted by Gasteiger charge is 2.29. The lowest BCUT2D eigenvalue weighted by Crippen LogP contribution is -2.49. The predicted molar refractivity (Wildman–Crippen MR) is 154 cm³/mol. The van der Waals surface area contributed by atoms with Crippen LogP contribution in [0.15, 0.2) is 71.5 Å². The van der Waals surface area contributed by atoms with E-state index in [1.165, 1.54) is 21.5 Å². The third-order valence-corrected chi connectivity index (χ3v) is 7.73. The summed E-state index contributed by atoms with van der Waals surface area (Å²) in [5.41, 5.74) is 5.59. The number of hydrogen-bond donors (Lipinski definition) is 0. The molecule has 0 unspecified atom stereocenters. The highest BCUT2D eigenvalue weighted by Crippen LogP contribution is 2.30. The van der Waals surface area contributed by atoms with Gasteiger partial charge in [-0.1, -0.05) is 30.3 Å². The van der Waals surface area contributed by atoms with E-state index in [1.54, 1.807) is 31.4 Å². The van der Waals surface area contributed by atoms with Crippen molar-refractivity contribution in [3.05, 3.63) is 93.9 Å². The minimum Gasteiger partial charge on any atom is -0.497 e. The van der Waals surface area contributed by atoms with E-state index in [1.807, 2.05) is 40.8 Å². The number of amides is 1. The van der Waals surface area contributed by atoms with Crippen molar-refractivity contribution >= 4 is 33.4 Å². The normalized spacial score (nSPS) is 13.8. The maximum absolute atomic E-state index is 14.1. The molecule has 1 saturated heterocycles. The van der Waals surface area contributed by atoms with E-state index in [0.717, 1.165) is 24.0 Å². The van der Waals surface area contributed by atoms with Crippen molar-refractivity contribution in [3.63, 3.8) is 0 Å². The number of para-hydroxylation sites is 1. The first kappa shape index (κ1) is 24.7. The molecule has 1 aliphatic rings. The molecule has 1 aliphatic heterocycles. The standard InChI is InChI=1S/C31H31N5O3/c1-20-9-10-21(2)26(19-20)34-15-17-35(18-16-34)30(37)28-27-24-7-5-6-8-25(24)33(3)29(27)31(38)36(32-28)22-11-13-23(39-4)14-12-22/h5-14,19H,15-18H2,1-4H3. The van der Waals surface area contributed by atoms with Gasteiger partial charge in [-0.15, -0.1) is 0 Å². The zero-order valence-electron chi connectivity index (χ0n) is 22.6. The van der Waals surface area contributed by atoms with Crippen molar-refractivity contribution in [1.82, 2.24) is 19.2 Å². The van der Waals surface area contributed by atoms with E-state index < -0.39 is 0 Å². The van der Waals surface area contributed by atoms with Crippen LogP contribution in [0, 0.1) is 13.8 Å². The van der Waals surface area contributed by atoms with Gasteiger partial charge in [0.25, 0.3) is 11.5 Å². The van der Waals surface area contributed by atoms with E-state index in [4.69, 9.17) is 9.84 Å². The highest BCUT2D eigenvalue weighted by atomic mass is 16.5. The summed E-state index contributed by atoms with van der Waals surface area (Å²) in [5.74, 6) is 0.509. The minimum atomic E-state index is -0.273. The number of nitrogens with zero attached hydrogens (tertiary/aromatic N) is 5. The largest absolute Gasteiger partial charge is 0.497 e. The molecule has 5 aromatic rings. The summed E-state index contributed by atoms with van der Waals surface area (Å²) in [6.45, 7) is 6.82. The zero-order valence-corrected chi connectivity index (χ0v) is 22.6. The van der Waals surface area contributed by atoms with Gasteiger partial charge < -0.3 is 19.1 Å². The van der Waals surface area contributed by atoms with Gasteiger partial charge in [0.1, 0.15) is 11.3 Å². The lowest BCUT2D eigenvalue weighted by Gasteiger charge is -2.37. The molecular weight excluding hydrogens is 490 g/mol. The Bertz CT molecular complexity index is 1780.